The number of carbonyl (C=O) groups is 4. The highest BCUT2D eigenvalue weighted by atomic mass is 32.1. The van der Waals surface area contributed by atoms with Crippen LogP contribution in [0, 0.1) is 33.1 Å². The molecule has 4 N–H and O–H groups in total. The molecule has 16 nitrogen and oxygen atoms in total. The van der Waals surface area contributed by atoms with Crippen molar-refractivity contribution >= 4 is 57.8 Å². The zero-order valence-corrected chi connectivity index (χ0v) is 42.7. The molecule has 9 rings (SSSR count). The van der Waals surface area contributed by atoms with Crippen molar-refractivity contribution in [2.24, 2.45) is 10.4 Å². The van der Waals surface area contributed by atoms with E-state index in [1.165, 1.54) is 4.90 Å². The van der Waals surface area contributed by atoms with Gasteiger partial charge in [-0.25, -0.2) is 4.98 Å². The van der Waals surface area contributed by atoms with E-state index in [9.17, 15) is 29.4 Å². The molecule has 3 aromatic heterocycles. The van der Waals surface area contributed by atoms with Crippen molar-refractivity contribution in [1.82, 2.24) is 35.3 Å². The zero-order valence-electron chi connectivity index (χ0n) is 41.1. The fourth-order valence-electron chi connectivity index (χ4n) is 9.69. The molecule has 0 bridgehead atoms. The van der Waals surface area contributed by atoms with Crippen LogP contribution < -0.4 is 20.3 Å². The summed E-state index contributed by atoms with van der Waals surface area (Å²) in [6, 6.07) is 20.0. The number of carbonyl (C=O) groups excluding carboxylic acids is 3. The largest absolute Gasteiger partial charge is 0.489 e. The third-order valence-electron chi connectivity index (χ3n) is 13.7. The van der Waals surface area contributed by atoms with Gasteiger partial charge in [-0.1, -0.05) is 57.2 Å². The van der Waals surface area contributed by atoms with Gasteiger partial charge in [-0.3, -0.25) is 28.7 Å². The first kappa shape index (κ1) is 49.2. The lowest BCUT2D eigenvalue weighted by Crippen LogP contribution is -2.57. The molecule has 0 unspecified atom stereocenters. The lowest BCUT2D eigenvalue weighted by Gasteiger charge is -2.35. The number of aliphatic carboxylic acids is 1. The molecule has 0 spiro atoms. The number of carboxylic acids is 1. The van der Waals surface area contributed by atoms with Crippen molar-refractivity contribution in [1.29, 1.82) is 0 Å². The fraction of sp³-hybridized carbons (Fsp3) is 0.396. The summed E-state index contributed by atoms with van der Waals surface area (Å²) in [5, 5.41) is 36.2. The molecular weight excluding hydrogens is 939 g/mol. The number of rotatable bonds is 13. The summed E-state index contributed by atoms with van der Waals surface area (Å²) < 4.78 is 8.37. The van der Waals surface area contributed by atoms with Crippen LogP contribution in [0.5, 0.6) is 5.75 Å². The average molecular weight is 998 g/mol. The average Bonchev–Trinajstić information content (AvgIpc) is 4.18. The third kappa shape index (κ3) is 10.1. The molecule has 0 saturated carbocycles. The Morgan fingerprint density at radius 1 is 0.901 bits per heavy atom. The molecule has 6 atom stereocenters. The molecule has 3 aliphatic heterocycles. The van der Waals surface area contributed by atoms with Gasteiger partial charge in [0, 0.05) is 53.2 Å². The molecule has 3 aliphatic rings. The molecule has 2 saturated heterocycles. The van der Waals surface area contributed by atoms with Crippen LogP contribution in [0.3, 0.4) is 0 Å². The Balaban J connectivity index is 0.818. The molecule has 18 heteroatoms. The molecule has 0 aliphatic carbocycles. The summed E-state index contributed by atoms with van der Waals surface area (Å²) in [5.74, 6) is -0.413. The van der Waals surface area contributed by atoms with Gasteiger partial charge in [-0.2, -0.15) is 0 Å². The Hall–Kier alpha value is -6.76. The number of nitrogens with zero attached hydrogens (tertiary/aromatic N) is 7. The quantitative estimate of drug-likeness (QED) is 0.0883. The number of aromatic nitrogens is 4. The van der Waals surface area contributed by atoms with E-state index < -0.39 is 47.4 Å². The standard InChI is InChI=1S/C53H59N9O7S2/c1-28-31(4)71-52-44(28)45(56-41(24-43(64)65)48-59-58-32(5)62(48)52)34-13-17-37(18-14-34)60-22-21-40(26-60)69-39-19-15-36(16-20-39)49(66)57-47(53(6,7)8)51(68)61-25-38(63)23-42(61)50(67)55-29(2)33-9-11-35(12-10-33)46-30(3)54-27-70-46/h9-20,27,29,38,40-42,47,63H,21-26H2,1-8H3,(H,55,67)(H,57,66)(H,64,65)/t29-,38+,40+,41-,42-,47+/m0/s1. The number of aliphatic hydroxyl groups excluding tert-OH is 1. The highest BCUT2D eigenvalue weighted by Gasteiger charge is 2.45. The summed E-state index contributed by atoms with van der Waals surface area (Å²) >= 11 is 3.20. The van der Waals surface area contributed by atoms with Gasteiger partial charge in [0.05, 0.1) is 46.9 Å². The van der Waals surface area contributed by atoms with Gasteiger partial charge in [0.15, 0.2) is 5.82 Å². The Labute approximate surface area is 420 Å². The third-order valence-corrected chi connectivity index (χ3v) is 15.9. The predicted molar refractivity (Wildman–Crippen MR) is 274 cm³/mol. The highest BCUT2D eigenvalue weighted by molar-refractivity contribution is 7.15. The van der Waals surface area contributed by atoms with Crippen LogP contribution >= 0.6 is 22.7 Å². The smallest absolute Gasteiger partial charge is 0.306 e. The SMILES string of the molecule is Cc1ncsc1-c1ccc([C@H](C)NC(=O)[C@@H]2C[C@@H](O)CN2C(=O)[C@@H](NC(=O)c2ccc(O[C@@H]3CCN(c4ccc(C5=N[C@@H](CC(=O)O)c6nnc(C)n6-c6sc(C)c(C)c65)cc4)C3)cc2)C(C)(C)C)cc1. The van der Waals surface area contributed by atoms with E-state index in [-0.39, 0.29) is 37.4 Å². The minimum Gasteiger partial charge on any atom is -0.489 e. The van der Waals surface area contributed by atoms with Gasteiger partial charge in [0.25, 0.3) is 5.91 Å². The number of aryl methyl sites for hydroxylation is 3. The van der Waals surface area contributed by atoms with E-state index >= 15 is 0 Å². The van der Waals surface area contributed by atoms with Crippen LogP contribution in [-0.4, -0.2) is 108 Å². The molecular formula is C53H59N9O7S2. The number of anilines is 1. The Morgan fingerprint density at radius 3 is 2.27 bits per heavy atom. The van der Waals surface area contributed by atoms with Gasteiger partial charge < -0.3 is 35.4 Å². The molecule has 3 amide bonds. The van der Waals surface area contributed by atoms with E-state index in [0.717, 1.165) is 72.6 Å². The minimum absolute atomic E-state index is 0.0272. The number of carboxylic acid groups (broad SMARTS) is 1. The van der Waals surface area contributed by atoms with Crippen molar-refractivity contribution in [2.75, 3.05) is 24.5 Å². The number of β-amino-alcohol motifs (C(OH)–C–C–N with tert-alkyl or cyclic N) is 1. The minimum atomic E-state index is -0.993. The number of aliphatic hydroxyl groups is 1. The lowest BCUT2D eigenvalue weighted by molar-refractivity contribution is -0.142. The van der Waals surface area contributed by atoms with Gasteiger partial charge in [0.1, 0.15) is 40.8 Å². The van der Waals surface area contributed by atoms with Crippen LogP contribution in [-0.2, 0) is 14.4 Å². The monoisotopic (exact) mass is 997 g/mol. The van der Waals surface area contributed by atoms with Crippen molar-refractivity contribution in [2.45, 2.75) is 111 Å². The fourth-order valence-corrected chi connectivity index (χ4v) is 11.7. The number of thiazole rings is 1. The number of hydrogen-bond acceptors (Lipinski definition) is 13. The maximum atomic E-state index is 14.3. The maximum absolute atomic E-state index is 14.3. The number of nitrogens with one attached hydrogen (secondary N) is 2. The van der Waals surface area contributed by atoms with E-state index in [2.05, 4.69) is 56.7 Å². The summed E-state index contributed by atoms with van der Waals surface area (Å²) in [5.41, 5.74) is 9.02. The highest BCUT2D eigenvalue weighted by Crippen LogP contribution is 2.40. The maximum Gasteiger partial charge on any atom is 0.306 e. The first-order valence-electron chi connectivity index (χ1n) is 23.9. The van der Waals surface area contributed by atoms with E-state index in [0.29, 0.717) is 29.5 Å². The van der Waals surface area contributed by atoms with E-state index in [4.69, 9.17) is 9.73 Å². The Morgan fingerprint density at radius 2 is 1.61 bits per heavy atom. The molecule has 2 fully saturated rings. The van der Waals surface area contributed by atoms with Crippen LogP contribution in [0.2, 0.25) is 0 Å². The second-order valence-electron chi connectivity index (χ2n) is 19.8. The first-order valence-corrected chi connectivity index (χ1v) is 25.6. The summed E-state index contributed by atoms with van der Waals surface area (Å²) in [6.07, 6.45) is -0.347. The molecule has 71 heavy (non-hydrogen) atoms. The topological polar surface area (TPSA) is 204 Å². The predicted octanol–water partition coefficient (Wildman–Crippen LogP) is 7.69. The molecule has 6 heterocycles. The number of aliphatic imine (C=N–C) groups is 1. The van der Waals surface area contributed by atoms with Gasteiger partial charge in [0.2, 0.25) is 11.8 Å². The van der Waals surface area contributed by atoms with Gasteiger partial charge in [-0.05, 0) is 93.1 Å². The second-order valence-corrected chi connectivity index (χ2v) is 21.9. The van der Waals surface area contributed by atoms with Crippen molar-refractivity contribution < 1.29 is 34.1 Å². The van der Waals surface area contributed by atoms with Crippen LogP contribution in [0.15, 0.2) is 83.3 Å². The lowest BCUT2D eigenvalue weighted by atomic mass is 9.85. The van der Waals surface area contributed by atoms with Gasteiger partial charge in [-0.15, -0.1) is 32.9 Å². The number of fused-ring (bicyclic) bond motifs is 3. The van der Waals surface area contributed by atoms with Crippen molar-refractivity contribution in [3.8, 4) is 21.2 Å². The van der Waals surface area contributed by atoms with Gasteiger partial charge >= 0.3 is 5.97 Å². The van der Waals surface area contributed by atoms with Crippen LogP contribution in [0.4, 0.5) is 5.69 Å². The van der Waals surface area contributed by atoms with Crippen LogP contribution in [0.1, 0.15) is 114 Å². The van der Waals surface area contributed by atoms with E-state index in [1.807, 2.05) is 88.0 Å². The van der Waals surface area contributed by atoms with Crippen molar-refractivity contribution in [3.63, 3.8) is 0 Å². The number of likely N-dealkylation sites (tertiary alicyclic amines) is 1. The normalized spacial score (nSPS) is 19.6. The Kier molecular flexibility index (Phi) is 13.7. The second kappa shape index (κ2) is 19.8. The summed E-state index contributed by atoms with van der Waals surface area (Å²) in [7, 11) is 0. The van der Waals surface area contributed by atoms with Crippen molar-refractivity contribution in [3.05, 3.63) is 128 Å². The molecule has 370 valence electrons. The first-order chi connectivity index (χ1) is 33.8. The number of benzene rings is 3. The summed E-state index contributed by atoms with van der Waals surface area (Å²) in [6.45, 7) is 16.8. The number of thiophene rings is 1. The zero-order chi connectivity index (χ0) is 50.5. The number of amides is 3. The van der Waals surface area contributed by atoms with E-state index in [1.54, 1.807) is 46.9 Å². The number of hydrogen-bond donors (Lipinski definition) is 4. The molecule has 3 aromatic carbocycles. The Bertz CT molecular complexity index is 3010. The summed E-state index contributed by atoms with van der Waals surface area (Å²) in [4.78, 5) is 69.2. The van der Waals surface area contributed by atoms with Crippen LogP contribution in [0.25, 0.3) is 15.4 Å². The number of ether oxygens (including phenoxy) is 1. The molecule has 6 aromatic rings. The molecule has 0 radical (unpaired) electrons.